The van der Waals surface area contributed by atoms with E-state index in [4.69, 9.17) is 10.6 Å². The summed E-state index contributed by atoms with van der Waals surface area (Å²) in [5, 5.41) is 0. The number of aryl methyl sites for hydroxylation is 2. The second-order valence-electron chi connectivity index (χ2n) is 5.67. The minimum atomic E-state index is 0.301. The van der Waals surface area contributed by atoms with Gasteiger partial charge in [0.2, 0.25) is 0 Å². The smallest absolute Gasteiger partial charge is 0.0617 e. The Labute approximate surface area is 116 Å². The molecule has 3 unspecified atom stereocenters. The number of hydrogen-bond acceptors (Lipinski definition) is 3. The first kappa shape index (κ1) is 14.5. The lowest BCUT2D eigenvalue weighted by Gasteiger charge is -2.26. The Morgan fingerprint density at radius 2 is 2.16 bits per heavy atom. The van der Waals surface area contributed by atoms with Gasteiger partial charge in [-0.3, -0.25) is 11.3 Å². The Kier molecular flexibility index (Phi) is 4.97. The van der Waals surface area contributed by atoms with Crippen molar-refractivity contribution in [3.05, 3.63) is 34.9 Å². The third-order valence-corrected chi connectivity index (χ3v) is 4.42. The van der Waals surface area contributed by atoms with Crippen molar-refractivity contribution in [1.82, 2.24) is 5.43 Å². The molecule has 3 heteroatoms. The van der Waals surface area contributed by atoms with E-state index >= 15 is 0 Å². The van der Waals surface area contributed by atoms with Crippen LogP contribution in [0.15, 0.2) is 18.2 Å². The molecule has 3 N–H and O–H groups in total. The first-order valence-electron chi connectivity index (χ1n) is 7.29. The fraction of sp³-hybridized carbons (Fsp3) is 0.625. The molecule has 3 atom stereocenters. The van der Waals surface area contributed by atoms with E-state index < -0.39 is 0 Å². The Bertz CT molecular complexity index is 419. The van der Waals surface area contributed by atoms with Crippen LogP contribution >= 0.6 is 0 Å². The molecule has 19 heavy (non-hydrogen) atoms. The van der Waals surface area contributed by atoms with Crippen LogP contribution in [0.5, 0.6) is 0 Å². The van der Waals surface area contributed by atoms with Gasteiger partial charge in [0.1, 0.15) is 0 Å². The summed E-state index contributed by atoms with van der Waals surface area (Å²) < 4.78 is 5.78. The van der Waals surface area contributed by atoms with Crippen LogP contribution < -0.4 is 11.3 Å². The fourth-order valence-electron chi connectivity index (χ4n) is 3.06. The number of hydrazine groups is 1. The molecule has 0 aromatic heterocycles. The van der Waals surface area contributed by atoms with Crippen LogP contribution in [0.1, 0.15) is 36.5 Å². The first-order valence-corrected chi connectivity index (χ1v) is 7.29. The number of benzene rings is 1. The predicted molar refractivity (Wildman–Crippen MR) is 78.9 cm³/mol. The van der Waals surface area contributed by atoms with Crippen LogP contribution in [0.4, 0.5) is 0 Å². The van der Waals surface area contributed by atoms with Gasteiger partial charge < -0.3 is 4.74 Å². The summed E-state index contributed by atoms with van der Waals surface area (Å²) in [6, 6.07) is 6.98. The molecular weight excluding hydrogens is 236 g/mol. The number of ether oxygens (including phenoxy) is 1. The molecule has 0 saturated carbocycles. The maximum Gasteiger partial charge on any atom is 0.0617 e. The van der Waals surface area contributed by atoms with Crippen LogP contribution in [0, 0.1) is 19.8 Å². The highest BCUT2D eigenvalue weighted by Gasteiger charge is 2.33. The van der Waals surface area contributed by atoms with Gasteiger partial charge in [0.25, 0.3) is 0 Å². The van der Waals surface area contributed by atoms with Crippen LogP contribution in [0.2, 0.25) is 0 Å². The monoisotopic (exact) mass is 262 g/mol. The number of hydrogen-bond donors (Lipinski definition) is 2. The zero-order chi connectivity index (χ0) is 13.8. The molecule has 2 rings (SSSR count). The van der Waals surface area contributed by atoms with Crippen molar-refractivity contribution in [3.63, 3.8) is 0 Å². The average molecular weight is 262 g/mol. The highest BCUT2D eigenvalue weighted by molar-refractivity contribution is 5.30. The second-order valence-corrected chi connectivity index (χ2v) is 5.67. The lowest BCUT2D eigenvalue weighted by molar-refractivity contribution is 0.0775. The lowest BCUT2D eigenvalue weighted by atomic mass is 9.87. The van der Waals surface area contributed by atoms with Crippen LogP contribution in [0.3, 0.4) is 0 Å². The SMILES string of the molecule is CCC1OCCC1C(Cc1ccc(C)c(C)c1)NN. The van der Waals surface area contributed by atoms with Crippen molar-refractivity contribution >= 4 is 0 Å². The van der Waals surface area contributed by atoms with E-state index in [1.807, 2.05) is 0 Å². The molecule has 0 radical (unpaired) electrons. The molecule has 1 saturated heterocycles. The van der Waals surface area contributed by atoms with Crippen molar-refractivity contribution in [2.45, 2.75) is 52.2 Å². The van der Waals surface area contributed by atoms with Crippen LogP contribution in [-0.4, -0.2) is 18.8 Å². The number of nitrogens with two attached hydrogens (primary N) is 1. The van der Waals surface area contributed by atoms with Gasteiger partial charge in [0, 0.05) is 18.6 Å². The topological polar surface area (TPSA) is 47.3 Å². The van der Waals surface area contributed by atoms with Crippen molar-refractivity contribution in [2.24, 2.45) is 11.8 Å². The molecular formula is C16H26N2O. The van der Waals surface area contributed by atoms with Gasteiger partial charge in [0.15, 0.2) is 0 Å². The molecule has 106 valence electrons. The quantitative estimate of drug-likeness (QED) is 0.633. The van der Waals surface area contributed by atoms with Gasteiger partial charge in [-0.15, -0.1) is 0 Å². The van der Waals surface area contributed by atoms with E-state index in [9.17, 15) is 0 Å². The third kappa shape index (κ3) is 3.35. The van der Waals surface area contributed by atoms with E-state index in [2.05, 4.69) is 44.4 Å². The van der Waals surface area contributed by atoms with E-state index in [0.29, 0.717) is 18.1 Å². The van der Waals surface area contributed by atoms with Gasteiger partial charge in [0.05, 0.1) is 6.10 Å². The third-order valence-electron chi connectivity index (χ3n) is 4.42. The molecule has 0 spiro atoms. The van der Waals surface area contributed by atoms with Gasteiger partial charge in [-0.1, -0.05) is 25.1 Å². The summed E-state index contributed by atoms with van der Waals surface area (Å²) in [5.74, 6) is 6.30. The number of nitrogens with one attached hydrogen (secondary N) is 1. The van der Waals surface area contributed by atoms with Crippen molar-refractivity contribution < 1.29 is 4.74 Å². The zero-order valence-electron chi connectivity index (χ0n) is 12.3. The van der Waals surface area contributed by atoms with E-state index in [1.54, 1.807) is 0 Å². The van der Waals surface area contributed by atoms with E-state index in [-0.39, 0.29) is 0 Å². The summed E-state index contributed by atoms with van der Waals surface area (Å²) in [4.78, 5) is 0. The Balaban J connectivity index is 2.08. The Morgan fingerprint density at radius 3 is 2.79 bits per heavy atom. The summed E-state index contributed by atoms with van der Waals surface area (Å²) in [6.45, 7) is 7.37. The predicted octanol–water partition coefficient (Wildman–Crippen LogP) is 2.49. The summed E-state index contributed by atoms with van der Waals surface area (Å²) in [6.07, 6.45) is 3.50. The lowest BCUT2D eigenvalue weighted by Crippen LogP contribution is -2.45. The van der Waals surface area contributed by atoms with Gasteiger partial charge >= 0.3 is 0 Å². The molecule has 1 aliphatic heterocycles. The van der Waals surface area contributed by atoms with E-state index in [0.717, 1.165) is 25.9 Å². The largest absolute Gasteiger partial charge is 0.378 e. The van der Waals surface area contributed by atoms with Crippen molar-refractivity contribution in [1.29, 1.82) is 0 Å². The van der Waals surface area contributed by atoms with Gasteiger partial charge in [-0.2, -0.15) is 0 Å². The summed E-state index contributed by atoms with van der Waals surface area (Å²) in [5.41, 5.74) is 7.06. The van der Waals surface area contributed by atoms with Crippen LogP contribution in [0.25, 0.3) is 0 Å². The normalized spacial score (nSPS) is 24.6. The molecule has 3 nitrogen and oxygen atoms in total. The zero-order valence-corrected chi connectivity index (χ0v) is 12.3. The molecule has 0 bridgehead atoms. The highest BCUT2D eigenvalue weighted by Crippen LogP contribution is 2.28. The summed E-state index contributed by atoms with van der Waals surface area (Å²) >= 11 is 0. The minimum absolute atomic E-state index is 0.301. The Hall–Kier alpha value is -0.900. The first-order chi connectivity index (χ1) is 9.15. The highest BCUT2D eigenvalue weighted by atomic mass is 16.5. The average Bonchev–Trinajstić information content (AvgIpc) is 2.88. The van der Waals surface area contributed by atoms with Crippen molar-refractivity contribution in [3.8, 4) is 0 Å². The van der Waals surface area contributed by atoms with Crippen molar-refractivity contribution in [2.75, 3.05) is 6.61 Å². The van der Waals surface area contributed by atoms with Crippen LogP contribution in [-0.2, 0) is 11.2 Å². The molecule has 1 fully saturated rings. The molecule has 1 aromatic rings. The maximum absolute atomic E-state index is 5.78. The van der Waals surface area contributed by atoms with E-state index in [1.165, 1.54) is 16.7 Å². The molecule has 0 amide bonds. The maximum atomic E-state index is 5.78. The summed E-state index contributed by atoms with van der Waals surface area (Å²) in [7, 11) is 0. The molecule has 1 aliphatic rings. The fourth-order valence-corrected chi connectivity index (χ4v) is 3.06. The standard InChI is InChI=1S/C16H26N2O/c1-4-16-14(7-8-19-16)15(18-17)10-13-6-5-11(2)12(3)9-13/h5-6,9,14-16,18H,4,7-8,10,17H2,1-3H3. The molecule has 1 heterocycles. The number of rotatable bonds is 5. The second kappa shape index (κ2) is 6.51. The van der Waals surface area contributed by atoms with Gasteiger partial charge in [-0.05, 0) is 49.8 Å². The molecule has 0 aliphatic carbocycles. The minimum Gasteiger partial charge on any atom is -0.378 e. The Morgan fingerprint density at radius 1 is 1.37 bits per heavy atom. The van der Waals surface area contributed by atoms with Gasteiger partial charge in [-0.25, -0.2) is 0 Å². The molecule has 1 aromatic carbocycles.